The van der Waals surface area contributed by atoms with E-state index in [1.54, 1.807) is 0 Å². The van der Waals surface area contributed by atoms with Gasteiger partial charge >= 0.3 is 0 Å². The molecule has 1 aromatic rings. The normalized spacial score (nSPS) is 30.0. The van der Waals surface area contributed by atoms with E-state index in [1.807, 2.05) is 31.2 Å². The number of rotatable bonds is 3. The summed E-state index contributed by atoms with van der Waals surface area (Å²) >= 11 is 0. The zero-order valence-electron chi connectivity index (χ0n) is 12.0. The number of carbonyl (C=O) groups excluding carboxylic acids is 1. The molecule has 0 aromatic heterocycles. The highest BCUT2D eigenvalue weighted by molar-refractivity contribution is 5.83. The first-order valence-corrected chi connectivity index (χ1v) is 7.48. The first kappa shape index (κ1) is 13.6. The van der Waals surface area contributed by atoms with Crippen LogP contribution in [0.15, 0.2) is 24.3 Å². The maximum Gasteiger partial charge on any atom is 0.241 e. The molecule has 3 saturated heterocycles. The number of nitrogens with two attached hydrogens (primary N) is 1. The van der Waals surface area contributed by atoms with Crippen molar-refractivity contribution in [3.63, 3.8) is 0 Å². The zero-order valence-corrected chi connectivity index (χ0v) is 12.0. The lowest BCUT2D eigenvalue weighted by atomic mass is 9.84. The Balaban J connectivity index is 1.62. The average Bonchev–Trinajstić information content (AvgIpc) is 2.48. The SMILES string of the molecule is Cc1ccc(C(N)C(=O)NC2CN3CCC2CC3)cc1. The van der Waals surface area contributed by atoms with E-state index in [0.29, 0.717) is 5.92 Å². The molecule has 0 spiro atoms. The van der Waals surface area contributed by atoms with Crippen LogP contribution >= 0.6 is 0 Å². The Morgan fingerprint density at radius 1 is 1.30 bits per heavy atom. The molecule has 0 radical (unpaired) electrons. The number of piperidine rings is 3. The molecule has 0 saturated carbocycles. The van der Waals surface area contributed by atoms with Crippen LogP contribution in [0.25, 0.3) is 0 Å². The van der Waals surface area contributed by atoms with Crippen molar-refractivity contribution < 1.29 is 4.79 Å². The van der Waals surface area contributed by atoms with Crippen molar-refractivity contribution in [3.8, 4) is 0 Å². The van der Waals surface area contributed by atoms with Gasteiger partial charge in [0, 0.05) is 12.6 Å². The summed E-state index contributed by atoms with van der Waals surface area (Å²) in [6, 6.07) is 7.59. The van der Waals surface area contributed by atoms with Gasteiger partial charge in [-0.15, -0.1) is 0 Å². The van der Waals surface area contributed by atoms with E-state index in [1.165, 1.54) is 31.5 Å². The molecule has 4 rings (SSSR count). The number of hydrogen-bond acceptors (Lipinski definition) is 3. The van der Waals surface area contributed by atoms with Crippen LogP contribution < -0.4 is 11.1 Å². The molecule has 0 aliphatic carbocycles. The highest BCUT2D eigenvalue weighted by atomic mass is 16.2. The monoisotopic (exact) mass is 273 g/mol. The highest BCUT2D eigenvalue weighted by Gasteiger charge is 2.35. The summed E-state index contributed by atoms with van der Waals surface area (Å²) < 4.78 is 0. The molecule has 3 fully saturated rings. The van der Waals surface area contributed by atoms with Gasteiger partial charge in [-0.2, -0.15) is 0 Å². The number of amides is 1. The second-order valence-corrected chi connectivity index (χ2v) is 6.14. The standard InChI is InChI=1S/C16H23N3O/c1-11-2-4-13(5-3-11)15(17)16(20)18-14-10-19-8-6-12(14)7-9-19/h2-5,12,14-15H,6-10,17H2,1H3,(H,18,20). The third-order valence-corrected chi connectivity index (χ3v) is 4.70. The van der Waals surface area contributed by atoms with Gasteiger partial charge in [0.05, 0.1) is 0 Å². The molecule has 1 aromatic carbocycles. The van der Waals surface area contributed by atoms with Gasteiger partial charge in [-0.3, -0.25) is 4.79 Å². The Bertz CT molecular complexity index is 477. The second-order valence-electron chi connectivity index (χ2n) is 6.14. The number of aryl methyl sites for hydroxylation is 1. The number of benzene rings is 1. The quantitative estimate of drug-likeness (QED) is 0.870. The van der Waals surface area contributed by atoms with Crippen LogP contribution in [-0.2, 0) is 4.79 Å². The van der Waals surface area contributed by atoms with Gasteiger partial charge in [-0.1, -0.05) is 29.8 Å². The summed E-state index contributed by atoms with van der Waals surface area (Å²) in [5, 5.41) is 3.16. The predicted octanol–water partition coefficient (Wildman–Crippen LogP) is 1.21. The van der Waals surface area contributed by atoms with Gasteiger partial charge in [0.1, 0.15) is 6.04 Å². The lowest BCUT2D eigenvalue weighted by Gasteiger charge is -2.45. The Labute approximate surface area is 120 Å². The van der Waals surface area contributed by atoms with Crippen molar-refractivity contribution >= 4 is 5.91 Å². The number of nitrogens with zero attached hydrogens (tertiary/aromatic N) is 1. The molecule has 2 bridgehead atoms. The maximum atomic E-state index is 12.3. The zero-order chi connectivity index (χ0) is 14.1. The van der Waals surface area contributed by atoms with Crippen LogP contribution in [0.2, 0.25) is 0 Å². The molecule has 3 aliphatic rings. The summed E-state index contributed by atoms with van der Waals surface area (Å²) in [4.78, 5) is 14.8. The minimum absolute atomic E-state index is 0.0485. The topological polar surface area (TPSA) is 58.4 Å². The smallest absolute Gasteiger partial charge is 0.241 e. The summed E-state index contributed by atoms with van der Waals surface area (Å²) in [5.41, 5.74) is 8.14. The lowest BCUT2D eigenvalue weighted by molar-refractivity contribution is -0.124. The molecular weight excluding hydrogens is 250 g/mol. The van der Waals surface area contributed by atoms with E-state index >= 15 is 0 Å². The van der Waals surface area contributed by atoms with E-state index in [-0.39, 0.29) is 11.9 Å². The van der Waals surface area contributed by atoms with Crippen molar-refractivity contribution in [2.45, 2.75) is 31.8 Å². The Morgan fingerprint density at radius 3 is 2.50 bits per heavy atom. The highest BCUT2D eigenvalue weighted by Crippen LogP contribution is 2.27. The number of hydrogen-bond donors (Lipinski definition) is 2. The molecule has 2 unspecified atom stereocenters. The molecule has 1 amide bonds. The fourth-order valence-electron chi connectivity index (χ4n) is 3.33. The van der Waals surface area contributed by atoms with Crippen LogP contribution in [0.4, 0.5) is 0 Å². The van der Waals surface area contributed by atoms with Crippen LogP contribution in [0, 0.1) is 12.8 Å². The summed E-state index contributed by atoms with van der Waals surface area (Å²) in [5.74, 6) is 0.585. The molecule has 3 heterocycles. The minimum atomic E-state index is -0.564. The predicted molar refractivity (Wildman–Crippen MR) is 79.2 cm³/mol. The van der Waals surface area contributed by atoms with Gasteiger partial charge < -0.3 is 16.0 Å². The molecule has 2 atom stereocenters. The van der Waals surface area contributed by atoms with Crippen molar-refractivity contribution in [1.82, 2.24) is 10.2 Å². The van der Waals surface area contributed by atoms with Gasteiger partial charge in [-0.05, 0) is 44.3 Å². The Hall–Kier alpha value is -1.39. The van der Waals surface area contributed by atoms with Gasteiger partial charge in [-0.25, -0.2) is 0 Å². The fourth-order valence-corrected chi connectivity index (χ4v) is 3.33. The van der Waals surface area contributed by atoms with Crippen LogP contribution in [0.1, 0.15) is 30.0 Å². The van der Waals surface area contributed by atoms with Crippen molar-refractivity contribution in [1.29, 1.82) is 0 Å². The molecule has 20 heavy (non-hydrogen) atoms. The van der Waals surface area contributed by atoms with Gasteiger partial charge in [0.25, 0.3) is 0 Å². The van der Waals surface area contributed by atoms with Crippen LogP contribution in [0.5, 0.6) is 0 Å². The van der Waals surface area contributed by atoms with Gasteiger partial charge in [0.2, 0.25) is 5.91 Å². The van der Waals surface area contributed by atoms with E-state index in [4.69, 9.17) is 5.73 Å². The lowest BCUT2D eigenvalue weighted by Crippen LogP contribution is -2.58. The summed E-state index contributed by atoms with van der Waals surface area (Å²) in [6.45, 7) is 5.38. The number of nitrogens with one attached hydrogen (secondary N) is 1. The molecule has 3 aliphatic heterocycles. The number of carbonyl (C=O) groups is 1. The maximum absolute atomic E-state index is 12.3. The molecular formula is C16H23N3O. The van der Waals surface area contributed by atoms with Crippen LogP contribution in [-0.4, -0.2) is 36.5 Å². The van der Waals surface area contributed by atoms with E-state index in [0.717, 1.165) is 12.1 Å². The van der Waals surface area contributed by atoms with Crippen molar-refractivity contribution in [2.24, 2.45) is 11.7 Å². The fraction of sp³-hybridized carbons (Fsp3) is 0.562. The average molecular weight is 273 g/mol. The van der Waals surface area contributed by atoms with E-state index in [9.17, 15) is 4.79 Å². The van der Waals surface area contributed by atoms with Crippen molar-refractivity contribution in [2.75, 3.05) is 19.6 Å². The third-order valence-electron chi connectivity index (χ3n) is 4.70. The van der Waals surface area contributed by atoms with E-state index < -0.39 is 6.04 Å². The molecule has 4 nitrogen and oxygen atoms in total. The van der Waals surface area contributed by atoms with E-state index in [2.05, 4.69) is 10.2 Å². The molecule has 3 N–H and O–H groups in total. The van der Waals surface area contributed by atoms with Crippen LogP contribution in [0.3, 0.4) is 0 Å². The Kier molecular flexibility index (Phi) is 3.76. The summed E-state index contributed by atoms with van der Waals surface area (Å²) in [7, 11) is 0. The first-order valence-electron chi connectivity index (χ1n) is 7.48. The largest absolute Gasteiger partial charge is 0.350 e. The number of fused-ring (bicyclic) bond motifs is 3. The van der Waals surface area contributed by atoms with Gasteiger partial charge in [0.15, 0.2) is 0 Å². The summed E-state index contributed by atoms with van der Waals surface area (Å²) in [6.07, 6.45) is 2.40. The molecule has 4 heteroatoms. The van der Waals surface area contributed by atoms with Crippen molar-refractivity contribution in [3.05, 3.63) is 35.4 Å². The second kappa shape index (κ2) is 5.54. The first-order chi connectivity index (χ1) is 9.63. The minimum Gasteiger partial charge on any atom is -0.350 e. The Morgan fingerprint density at radius 2 is 1.95 bits per heavy atom. The molecule has 108 valence electrons. The third kappa shape index (κ3) is 2.72.